The molecule has 1 heterocycles. The van der Waals surface area contributed by atoms with E-state index in [2.05, 4.69) is 17.3 Å². The summed E-state index contributed by atoms with van der Waals surface area (Å²) in [7, 11) is 1.53. The fourth-order valence-corrected chi connectivity index (χ4v) is 2.70. The van der Waals surface area contributed by atoms with Crippen molar-refractivity contribution in [2.45, 2.75) is 26.2 Å². The molecule has 3 aromatic rings. The zero-order valence-electron chi connectivity index (χ0n) is 15.1. The number of aryl methyl sites for hydroxylation is 1. The minimum absolute atomic E-state index is 0.256. The molecular formula is C21H23N3O2. The van der Waals surface area contributed by atoms with Gasteiger partial charge in [-0.15, -0.1) is 0 Å². The first kappa shape index (κ1) is 17.7. The average Bonchev–Trinajstić information content (AvgIpc) is 3.13. The van der Waals surface area contributed by atoms with Crippen LogP contribution in [0.3, 0.4) is 0 Å². The van der Waals surface area contributed by atoms with Crippen LogP contribution in [0.25, 0.3) is 5.69 Å². The van der Waals surface area contributed by atoms with Gasteiger partial charge in [-0.2, -0.15) is 5.10 Å². The van der Waals surface area contributed by atoms with Crippen LogP contribution < -0.4 is 10.1 Å². The van der Waals surface area contributed by atoms with Crippen molar-refractivity contribution in [3.05, 3.63) is 72.1 Å². The largest absolute Gasteiger partial charge is 0.493 e. The second-order valence-electron chi connectivity index (χ2n) is 6.08. The topological polar surface area (TPSA) is 56.2 Å². The third-order valence-corrected chi connectivity index (χ3v) is 4.17. The molecule has 0 aliphatic heterocycles. The molecule has 1 N–H and O–H groups in total. The Kier molecular flexibility index (Phi) is 5.69. The monoisotopic (exact) mass is 349 g/mol. The molecular weight excluding hydrogens is 326 g/mol. The first-order chi connectivity index (χ1) is 12.7. The Morgan fingerprint density at radius 3 is 2.50 bits per heavy atom. The predicted octanol–water partition coefficient (Wildman–Crippen LogP) is 4.48. The van der Waals surface area contributed by atoms with E-state index in [1.807, 2.05) is 54.6 Å². The zero-order valence-corrected chi connectivity index (χ0v) is 15.1. The molecule has 0 radical (unpaired) electrons. The lowest BCUT2D eigenvalue weighted by atomic mass is 10.1. The van der Waals surface area contributed by atoms with Crippen LogP contribution in [-0.4, -0.2) is 22.8 Å². The third-order valence-electron chi connectivity index (χ3n) is 4.17. The highest BCUT2D eigenvalue weighted by molar-refractivity contribution is 6.04. The summed E-state index contributed by atoms with van der Waals surface area (Å²) < 4.78 is 6.97. The molecule has 0 atom stereocenters. The average molecular weight is 349 g/mol. The lowest BCUT2D eigenvalue weighted by molar-refractivity contribution is 0.101. The standard InChI is InChI=1S/C21H23N3O2/c1-3-4-8-16-11-13-17(14-12-16)22-21(25)20-19(26-2)15-24(23-20)18-9-6-5-7-10-18/h5-7,9-15H,3-4,8H2,1-2H3,(H,22,25). The number of unbranched alkanes of at least 4 members (excludes halogenated alkanes) is 1. The van der Waals surface area contributed by atoms with Gasteiger partial charge >= 0.3 is 0 Å². The minimum Gasteiger partial charge on any atom is -0.493 e. The summed E-state index contributed by atoms with van der Waals surface area (Å²) in [4.78, 5) is 12.6. The van der Waals surface area contributed by atoms with Crippen molar-refractivity contribution in [1.29, 1.82) is 0 Å². The number of methoxy groups -OCH3 is 1. The second-order valence-corrected chi connectivity index (χ2v) is 6.08. The molecule has 2 aromatic carbocycles. The van der Waals surface area contributed by atoms with Crippen LogP contribution in [0.4, 0.5) is 5.69 Å². The molecule has 0 saturated carbocycles. The van der Waals surface area contributed by atoms with E-state index in [1.165, 1.54) is 25.5 Å². The van der Waals surface area contributed by atoms with Crippen LogP contribution in [0.2, 0.25) is 0 Å². The Morgan fingerprint density at radius 1 is 1.12 bits per heavy atom. The number of hydrogen-bond acceptors (Lipinski definition) is 3. The quantitative estimate of drug-likeness (QED) is 0.684. The molecule has 1 amide bonds. The molecule has 0 unspecified atom stereocenters. The van der Waals surface area contributed by atoms with Crippen molar-refractivity contribution < 1.29 is 9.53 Å². The molecule has 0 bridgehead atoms. The summed E-state index contributed by atoms with van der Waals surface area (Å²) in [6, 6.07) is 17.5. The number of para-hydroxylation sites is 1. The molecule has 0 aliphatic carbocycles. The van der Waals surface area contributed by atoms with E-state index in [-0.39, 0.29) is 11.6 Å². The first-order valence-corrected chi connectivity index (χ1v) is 8.80. The van der Waals surface area contributed by atoms with Gasteiger partial charge in [0, 0.05) is 5.69 Å². The predicted molar refractivity (Wildman–Crippen MR) is 103 cm³/mol. The van der Waals surface area contributed by atoms with Gasteiger partial charge in [0.2, 0.25) is 0 Å². The van der Waals surface area contributed by atoms with Gasteiger partial charge < -0.3 is 10.1 Å². The number of rotatable bonds is 7. The number of amides is 1. The number of carbonyl (C=O) groups is 1. The van der Waals surface area contributed by atoms with Crippen LogP contribution in [-0.2, 0) is 6.42 Å². The third kappa shape index (κ3) is 4.11. The lowest BCUT2D eigenvalue weighted by Crippen LogP contribution is -2.14. The number of nitrogens with one attached hydrogen (secondary N) is 1. The molecule has 134 valence electrons. The van der Waals surface area contributed by atoms with Gasteiger partial charge in [0.1, 0.15) is 0 Å². The minimum atomic E-state index is -0.294. The van der Waals surface area contributed by atoms with Gasteiger partial charge in [0.05, 0.1) is 19.0 Å². The van der Waals surface area contributed by atoms with E-state index in [0.717, 1.165) is 17.8 Å². The summed E-state index contributed by atoms with van der Waals surface area (Å²) in [5.41, 5.74) is 3.14. The summed E-state index contributed by atoms with van der Waals surface area (Å²) in [5.74, 6) is 0.142. The number of benzene rings is 2. The highest BCUT2D eigenvalue weighted by Gasteiger charge is 2.18. The Balaban J connectivity index is 1.76. The van der Waals surface area contributed by atoms with E-state index in [0.29, 0.717) is 5.75 Å². The van der Waals surface area contributed by atoms with Gasteiger partial charge in [-0.3, -0.25) is 4.79 Å². The molecule has 26 heavy (non-hydrogen) atoms. The van der Waals surface area contributed by atoms with Crippen molar-refractivity contribution in [3.63, 3.8) is 0 Å². The van der Waals surface area contributed by atoms with Crippen molar-refractivity contribution in [3.8, 4) is 11.4 Å². The molecule has 3 rings (SSSR count). The lowest BCUT2D eigenvalue weighted by Gasteiger charge is -2.06. The van der Waals surface area contributed by atoms with E-state index < -0.39 is 0 Å². The van der Waals surface area contributed by atoms with E-state index in [1.54, 1.807) is 10.9 Å². The molecule has 0 saturated heterocycles. The van der Waals surface area contributed by atoms with Crippen LogP contribution in [0.15, 0.2) is 60.8 Å². The fraction of sp³-hybridized carbons (Fsp3) is 0.238. The van der Waals surface area contributed by atoms with E-state index in [9.17, 15) is 4.79 Å². The zero-order chi connectivity index (χ0) is 18.4. The van der Waals surface area contributed by atoms with Crippen LogP contribution in [0.1, 0.15) is 35.8 Å². The van der Waals surface area contributed by atoms with Crippen LogP contribution >= 0.6 is 0 Å². The number of hydrogen-bond donors (Lipinski definition) is 1. The molecule has 5 heteroatoms. The molecule has 0 aliphatic rings. The van der Waals surface area contributed by atoms with Gasteiger partial charge in [0.15, 0.2) is 11.4 Å². The molecule has 1 aromatic heterocycles. The molecule has 0 fully saturated rings. The van der Waals surface area contributed by atoms with Gasteiger partial charge in [-0.1, -0.05) is 43.7 Å². The number of anilines is 1. The van der Waals surface area contributed by atoms with Crippen molar-refractivity contribution in [1.82, 2.24) is 9.78 Å². The first-order valence-electron chi connectivity index (χ1n) is 8.80. The summed E-state index contributed by atoms with van der Waals surface area (Å²) >= 11 is 0. The Labute approximate surface area is 153 Å². The number of carbonyl (C=O) groups excluding carboxylic acids is 1. The fourth-order valence-electron chi connectivity index (χ4n) is 2.70. The Bertz CT molecular complexity index is 855. The summed E-state index contributed by atoms with van der Waals surface area (Å²) in [6.07, 6.45) is 5.10. The molecule has 0 spiro atoms. The number of aromatic nitrogens is 2. The number of nitrogens with zero attached hydrogens (tertiary/aromatic N) is 2. The van der Waals surface area contributed by atoms with Gasteiger partial charge in [-0.05, 0) is 42.7 Å². The maximum atomic E-state index is 12.6. The normalized spacial score (nSPS) is 10.5. The SMILES string of the molecule is CCCCc1ccc(NC(=O)c2nn(-c3ccccc3)cc2OC)cc1. The maximum Gasteiger partial charge on any atom is 0.280 e. The van der Waals surface area contributed by atoms with Gasteiger partial charge in [-0.25, -0.2) is 4.68 Å². The van der Waals surface area contributed by atoms with Crippen molar-refractivity contribution >= 4 is 11.6 Å². The van der Waals surface area contributed by atoms with Crippen molar-refractivity contribution in [2.75, 3.05) is 12.4 Å². The van der Waals surface area contributed by atoms with Gasteiger partial charge in [0.25, 0.3) is 5.91 Å². The molecule has 5 nitrogen and oxygen atoms in total. The number of ether oxygens (including phenoxy) is 1. The maximum absolute atomic E-state index is 12.6. The van der Waals surface area contributed by atoms with Crippen molar-refractivity contribution in [2.24, 2.45) is 0 Å². The smallest absolute Gasteiger partial charge is 0.280 e. The van der Waals surface area contributed by atoms with E-state index >= 15 is 0 Å². The second kappa shape index (κ2) is 8.34. The Hall–Kier alpha value is -3.08. The Morgan fingerprint density at radius 2 is 1.85 bits per heavy atom. The van der Waals surface area contributed by atoms with Crippen LogP contribution in [0, 0.1) is 0 Å². The summed E-state index contributed by atoms with van der Waals surface area (Å²) in [6.45, 7) is 2.18. The highest BCUT2D eigenvalue weighted by Crippen LogP contribution is 2.21. The van der Waals surface area contributed by atoms with E-state index in [4.69, 9.17) is 4.74 Å². The highest BCUT2D eigenvalue weighted by atomic mass is 16.5. The summed E-state index contributed by atoms with van der Waals surface area (Å²) in [5, 5.41) is 7.27. The van der Waals surface area contributed by atoms with Crippen LogP contribution in [0.5, 0.6) is 5.75 Å².